The highest BCUT2D eigenvalue weighted by Gasteiger charge is 2.29. The van der Waals surface area contributed by atoms with Gasteiger partial charge in [0, 0.05) is 38.1 Å². The van der Waals surface area contributed by atoms with Gasteiger partial charge >= 0.3 is 0 Å². The molecule has 1 aromatic heterocycles. The van der Waals surface area contributed by atoms with Crippen LogP contribution in [0.25, 0.3) is 0 Å². The number of hydrogen-bond acceptors (Lipinski definition) is 4. The van der Waals surface area contributed by atoms with Crippen LogP contribution in [0.5, 0.6) is 0 Å². The van der Waals surface area contributed by atoms with E-state index < -0.39 is 0 Å². The molecule has 0 radical (unpaired) electrons. The maximum Gasteiger partial charge on any atom is 0.274 e. The van der Waals surface area contributed by atoms with Crippen LogP contribution in [0.3, 0.4) is 0 Å². The summed E-state index contributed by atoms with van der Waals surface area (Å²) < 4.78 is 0. The van der Waals surface area contributed by atoms with Crippen molar-refractivity contribution in [2.24, 2.45) is 0 Å². The normalized spacial score (nSPS) is 20.4. The number of hydrogen-bond donors (Lipinski definition) is 0. The zero-order chi connectivity index (χ0) is 16.4. The second-order valence-electron chi connectivity index (χ2n) is 6.85. The minimum Gasteiger partial charge on any atom is -0.335 e. The first-order valence-corrected chi connectivity index (χ1v) is 9.00. The van der Waals surface area contributed by atoms with E-state index in [1.54, 1.807) is 6.20 Å². The highest BCUT2D eigenvalue weighted by Crippen LogP contribution is 2.25. The Labute approximate surface area is 143 Å². The summed E-state index contributed by atoms with van der Waals surface area (Å²) in [6.07, 6.45) is 6.86. The van der Waals surface area contributed by atoms with Crippen LogP contribution < -0.4 is 0 Å². The molecule has 0 N–H and O–H groups in total. The van der Waals surface area contributed by atoms with Crippen LogP contribution in [0, 0.1) is 0 Å². The van der Waals surface area contributed by atoms with Crippen LogP contribution in [0.4, 0.5) is 0 Å². The van der Waals surface area contributed by atoms with Crippen LogP contribution in [0.1, 0.15) is 61.8 Å². The summed E-state index contributed by atoms with van der Waals surface area (Å²) in [5, 5.41) is 0.345. The topological polar surface area (TPSA) is 49.3 Å². The van der Waals surface area contributed by atoms with Gasteiger partial charge in [0.05, 0.1) is 11.2 Å². The number of aromatic nitrogens is 2. The van der Waals surface area contributed by atoms with Crippen molar-refractivity contribution < 1.29 is 4.79 Å². The fraction of sp³-hybridized carbons (Fsp3) is 0.706. The first kappa shape index (κ1) is 16.7. The molecule has 1 saturated heterocycles. The van der Waals surface area contributed by atoms with Gasteiger partial charge in [-0.1, -0.05) is 38.3 Å². The van der Waals surface area contributed by atoms with Crippen LogP contribution in [-0.2, 0) is 0 Å². The number of piperazine rings is 1. The van der Waals surface area contributed by atoms with Crippen molar-refractivity contribution in [2.45, 2.75) is 51.5 Å². The smallest absolute Gasteiger partial charge is 0.274 e. The van der Waals surface area contributed by atoms with E-state index in [1.165, 1.54) is 25.7 Å². The second-order valence-corrected chi connectivity index (χ2v) is 7.25. The van der Waals surface area contributed by atoms with Crippen LogP contribution >= 0.6 is 11.6 Å². The van der Waals surface area contributed by atoms with Gasteiger partial charge in [-0.3, -0.25) is 9.69 Å². The maximum absolute atomic E-state index is 12.8. The van der Waals surface area contributed by atoms with Crippen molar-refractivity contribution >= 4 is 17.5 Å². The van der Waals surface area contributed by atoms with Gasteiger partial charge in [-0.15, -0.1) is 0 Å². The summed E-state index contributed by atoms with van der Waals surface area (Å²) in [4.78, 5) is 25.8. The Morgan fingerprint density at radius 3 is 2.48 bits per heavy atom. The number of carbonyl (C=O) groups excluding carboxylic acids is 1. The first-order valence-electron chi connectivity index (χ1n) is 8.62. The number of rotatable bonds is 3. The summed E-state index contributed by atoms with van der Waals surface area (Å²) in [6, 6.07) is 0.724. The molecule has 23 heavy (non-hydrogen) atoms. The number of nitrogens with zero attached hydrogens (tertiary/aromatic N) is 4. The molecule has 1 aliphatic heterocycles. The molecule has 6 heteroatoms. The minimum absolute atomic E-state index is 0.0645. The third-order valence-corrected chi connectivity index (χ3v) is 5.20. The molecule has 1 aliphatic carbocycles. The highest BCUT2D eigenvalue weighted by atomic mass is 35.5. The maximum atomic E-state index is 12.8. The Morgan fingerprint density at radius 1 is 1.22 bits per heavy atom. The molecule has 5 nitrogen and oxygen atoms in total. The highest BCUT2D eigenvalue weighted by molar-refractivity contribution is 6.33. The molecular weight excluding hydrogens is 312 g/mol. The van der Waals surface area contributed by atoms with Gasteiger partial charge in [-0.25, -0.2) is 9.97 Å². The molecule has 0 aromatic carbocycles. The Morgan fingerprint density at radius 2 is 1.87 bits per heavy atom. The molecule has 2 fully saturated rings. The number of carbonyl (C=O) groups is 1. The largest absolute Gasteiger partial charge is 0.335 e. The third kappa shape index (κ3) is 3.66. The molecule has 1 saturated carbocycles. The predicted octanol–water partition coefficient (Wildman–Crippen LogP) is 2.95. The van der Waals surface area contributed by atoms with Crippen LogP contribution in [-0.4, -0.2) is 57.9 Å². The molecule has 0 spiro atoms. The van der Waals surface area contributed by atoms with E-state index in [0.717, 1.165) is 32.2 Å². The Kier molecular flexibility index (Phi) is 5.17. The average molecular weight is 337 g/mol. The molecule has 0 unspecified atom stereocenters. The zero-order valence-corrected chi connectivity index (χ0v) is 14.7. The summed E-state index contributed by atoms with van der Waals surface area (Å²) in [5.74, 6) is 0.783. The van der Waals surface area contributed by atoms with Crippen molar-refractivity contribution in [2.75, 3.05) is 26.2 Å². The molecular formula is C17H25ClN4O. The van der Waals surface area contributed by atoms with E-state index in [0.29, 0.717) is 16.5 Å². The first-order chi connectivity index (χ1) is 11.1. The molecule has 126 valence electrons. The lowest BCUT2D eigenvalue weighted by atomic mass is 10.1. The van der Waals surface area contributed by atoms with E-state index in [2.05, 4.69) is 14.9 Å². The molecule has 2 heterocycles. The molecule has 3 rings (SSSR count). The minimum atomic E-state index is -0.0645. The Balaban J connectivity index is 1.66. The van der Waals surface area contributed by atoms with Gasteiger partial charge in [-0.05, 0) is 12.8 Å². The number of halogens is 1. The lowest BCUT2D eigenvalue weighted by Crippen LogP contribution is -2.51. The van der Waals surface area contributed by atoms with Gasteiger partial charge in [-0.2, -0.15) is 0 Å². The van der Waals surface area contributed by atoms with Crippen molar-refractivity contribution in [1.29, 1.82) is 0 Å². The van der Waals surface area contributed by atoms with Gasteiger partial charge in [0.15, 0.2) is 5.69 Å². The lowest BCUT2D eigenvalue weighted by molar-refractivity contribution is 0.0567. The van der Waals surface area contributed by atoms with Crippen molar-refractivity contribution in [3.05, 3.63) is 22.7 Å². The SMILES string of the molecule is CC(C)c1ncc(Cl)c(C(=O)N2CCN(C3CCCC3)CC2)n1. The van der Waals surface area contributed by atoms with Crippen molar-refractivity contribution in [3.8, 4) is 0 Å². The van der Waals surface area contributed by atoms with Gasteiger partial charge in [0.1, 0.15) is 5.82 Å². The summed E-state index contributed by atoms with van der Waals surface area (Å²) in [6.45, 7) is 7.45. The third-order valence-electron chi connectivity index (χ3n) is 4.92. The average Bonchev–Trinajstić information content (AvgIpc) is 3.09. The van der Waals surface area contributed by atoms with E-state index in [9.17, 15) is 4.79 Å². The second kappa shape index (κ2) is 7.14. The van der Waals surface area contributed by atoms with Gasteiger partial charge in [0.25, 0.3) is 5.91 Å². The van der Waals surface area contributed by atoms with Gasteiger partial charge < -0.3 is 4.90 Å². The van der Waals surface area contributed by atoms with Crippen molar-refractivity contribution in [3.63, 3.8) is 0 Å². The van der Waals surface area contributed by atoms with E-state index >= 15 is 0 Å². The quantitative estimate of drug-likeness (QED) is 0.851. The summed E-state index contributed by atoms with van der Waals surface area (Å²) in [5.41, 5.74) is 0.347. The molecule has 1 amide bonds. The molecule has 2 aliphatic rings. The Hall–Kier alpha value is -1.20. The number of amides is 1. The van der Waals surface area contributed by atoms with Gasteiger partial charge in [0.2, 0.25) is 0 Å². The summed E-state index contributed by atoms with van der Waals surface area (Å²) >= 11 is 6.16. The van der Waals surface area contributed by atoms with Crippen molar-refractivity contribution in [1.82, 2.24) is 19.8 Å². The van der Waals surface area contributed by atoms with E-state index in [4.69, 9.17) is 11.6 Å². The Bertz CT molecular complexity index is 564. The standard InChI is InChI=1S/C17H25ClN4O/c1-12(2)16-19-11-14(18)15(20-16)17(23)22-9-7-21(8-10-22)13-5-3-4-6-13/h11-13H,3-10H2,1-2H3. The molecule has 0 bridgehead atoms. The predicted molar refractivity (Wildman–Crippen MR) is 90.9 cm³/mol. The summed E-state index contributed by atoms with van der Waals surface area (Å²) in [7, 11) is 0. The van der Waals surface area contributed by atoms with E-state index in [1.807, 2.05) is 18.7 Å². The lowest BCUT2D eigenvalue weighted by Gasteiger charge is -2.38. The molecule has 0 atom stereocenters. The fourth-order valence-corrected chi connectivity index (χ4v) is 3.69. The molecule has 1 aromatic rings. The fourth-order valence-electron chi connectivity index (χ4n) is 3.52. The zero-order valence-electron chi connectivity index (χ0n) is 14.0. The van der Waals surface area contributed by atoms with Crippen LogP contribution in [0.15, 0.2) is 6.20 Å². The monoisotopic (exact) mass is 336 g/mol. The van der Waals surface area contributed by atoms with E-state index in [-0.39, 0.29) is 11.8 Å². The van der Waals surface area contributed by atoms with Crippen LogP contribution in [0.2, 0.25) is 5.02 Å².